The molecule has 1 saturated heterocycles. The van der Waals surface area contributed by atoms with Crippen molar-refractivity contribution in [2.75, 3.05) is 26.0 Å². The minimum absolute atomic E-state index is 0.0107. The van der Waals surface area contributed by atoms with Gasteiger partial charge in [0, 0.05) is 19.9 Å². The van der Waals surface area contributed by atoms with Crippen molar-refractivity contribution in [1.82, 2.24) is 15.1 Å². The number of anilines is 1. The molecule has 1 aromatic rings. The van der Waals surface area contributed by atoms with Crippen LogP contribution in [0.4, 0.5) is 5.69 Å². The molecule has 6 heteroatoms. The van der Waals surface area contributed by atoms with Crippen molar-refractivity contribution in [3.05, 3.63) is 12.4 Å². The average Bonchev–Trinajstić information content (AvgIpc) is 2.87. The molecule has 1 aliphatic heterocycles. The summed E-state index contributed by atoms with van der Waals surface area (Å²) in [6, 6.07) is -0.125. The number of hydrogen-bond donors (Lipinski definition) is 2. The highest BCUT2D eigenvalue weighted by molar-refractivity contribution is 5.94. The predicted molar refractivity (Wildman–Crippen MR) is 59.0 cm³/mol. The molecule has 88 valence electrons. The number of aromatic nitrogens is 2. The lowest BCUT2D eigenvalue weighted by atomic mass is 10.2. The Morgan fingerprint density at radius 1 is 1.75 bits per heavy atom. The van der Waals surface area contributed by atoms with Crippen LogP contribution in [0.3, 0.4) is 0 Å². The molecule has 0 radical (unpaired) electrons. The summed E-state index contributed by atoms with van der Waals surface area (Å²) in [7, 11) is 3.60. The molecule has 0 spiro atoms. The number of nitrogens with one attached hydrogen (secondary N) is 2. The fraction of sp³-hybridized carbons (Fsp3) is 0.600. The van der Waals surface area contributed by atoms with Gasteiger partial charge in [-0.15, -0.1) is 0 Å². The number of likely N-dealkylation sites (tertiary alicyclic amines) is 1. The van der Waals surface area contributed by atoms with Gasteiger partial charge in [0.05, 0.1) is 24.0 Å². The standard InChI is InChI=1S/C10H16N4O2/c1-14-6-8(16-2)3-9(14)10(15)13-7-4-11-12-5-7/h4-5,8-9H,3,6H2,1-2H3,(H,11,12)(H,13,15)/t8-,9-/m0/s1. The van der Waals surface area contributed by atoms with E-state index in [9.17, 15) is 4.79 Å². The van der Waals surface area contributed by atoms with Crippen LogP contribution in [0, 0.1) is 0 Å². The summed E-state index contributed by atoms with van der Waals surface area (Å²) >= 11 is 0. The number of carbonyl (C=O) groups is 1. The first-order valence-corrected chi connectivity index (χ1v) is 5.23. The van der Waals surface area contributed by atoms with Crippen LogP contribution in [0.25, 0.3) is 0 Å². The maximum absolute atomic E-state index is 11.9. The molecule has 0 aliphatic carbocycles. The van der Waals surface area contributed by atoms with E-state index >= 15 is 0 Å². The molecule has 6 nitrogen and oxygen atoms in total. The van der Waals surface area contributed by atoms with Crippen LogP contribution in [0.15, 0.2) is 12.4 Å². The zero-order valence-corrected chi connectivity index (χ0v) is 9.43. The van der Waals surface area contributed by atoms with Crippen LogP contribution in [0.1, 0.15) is 6.42 Å². The fourth-order valence-electron chi connectivity index (χ4n) is 1.97. The zero-order valence-electron chi connectivity index (χ0n) is 9.43. The van der Waals surface area contributed by atoms with Gasteiger partial charge in [-0.3, -0.25) is 14.8 Å². The molecule has 1 fully saturated rings. The van der Waals surface area contributed by atoms with Crippen molar-refractivity contribution < 1.29 is 9.53 Å². The second-order valence-electron chi connectivity index (χ2n) is 4.03. The summed E-state index contributed by atoms with van der Waals surface area (Å²) in [6.07, 6.45) is 4.11. The third-order valence-corrected chi connectivity index (χ3v) is 2.91. The second kappa shape index (κ2) is 4.63. The van der Waals surface area contributed by atoms with Crippen LogP contribution in [0.5, 0.6) is 0 Å². The monoisotopic (exact) mass is 224 g/mol. The minimum atomic E-state index is -0.125. The quantitative estimate of drug-likeness (QED) is 0.762. The van der Waals surface area contributed by atoms with Crippen molar-refractivity contribution in [3.63, 3.8) is 0 Å². The first kappa shape index (κ1) is 11.1. The maximum atomic E-state index is 11.9. The highest BCUT2D eigenvalue weighted by atomic mass is 16.5. The number of nitrogens with zero attached hydrogens (tertiary/aromatic N) is 2. The SMILES string of the molecule is CO[C@H]1C[C@@H](C(=O)Nc2cn[nH]c2)N(C)C1. The first-order chi connectivity index (χ1) is 7.70. The number of methoxy groups -OCH3 is 1. The Morgan fingerprint density at radius 3 is 3.12 bits per heavy atom. The number of ether oxygens (including phenoxy) is 1. The first-order valence-electron chi connectivity index (χ1n) is 5.23. The number of aromatic amines is 1. The van der Waals surface area contributed by atoms with Gasteiger partial charge in [0.1, 0.15) is 0 Å². The van der Waals surface area contributed by atoms with E-state index in [0.717, 1.165) is 13.0 Å². The molecular formula is C10H16N4O2. The Labute approximate surface area is 94.0 Å². The number of likely N-dealkylation sites (N-methyl/N-ethyl adjacent to an activating group) is 1. The lowest BCUT2D eigenvalue weighted by Gasteiger charge is -2.17. The van der Waals surface area contributed by atoms with Crippen LogP contribution < -0.4 is 5.32 Å². The Bertz CT molecular complexity index is 352. The Kier molecular flexibility index (Phi) is 3.21. The van der Waals surface area contributed by atoms with E-state index in [0.29, 0.717) is 5.69 Å². The van der Waals surface area contributed by atoms with Crippen molar-refractivity contribution in [3.8, 4) is 0 Å². The molecule has 16 heavy (non-hydrogen) atoms. The van der Waals surface area contributed by atoms with Gasteiger partial charge in [0.2, 0.25) is 5.91 Å². The van der Waals surface area contributed by atoms with Gasteiger partial charge in [0.25, 0.3) is 0 Å². The summed E-state index contributed by atoms with van der Waals surface area (Å²) in [5.74, 6) is -0.0107. The maximum Gasteiger partial charge on any atom is 0.241 e. The summed E-state index contributed by atoms with van der Waals surface area (Å²) in [5, 5.41) is 9.24. The minimum Gasteiger partial charge on any atom is -0.380 e. The van der Waals surface area contributed by atoms with E-state index in [1.165, 1.54) is 0 Å². The van der Waals surface area contributed by atoms with E-state index in [1.807, 2.05) is 11.9 Å². The second-order valence-corrected chi connectivity index (χ2v) is 4.03. The number of amides is 1. The van der Waals surface area contributed by atoms with E-state index < -0.39 is 0 Å². The van der Waals surface area contributed by atoms with Crippen molar-refractivity contribution in [2.45, 2.75) is 18.6 Å². The summed E-state index contributed by atoms with van der Waals surface area (Å²) in [4.78, 5) is 13.9. The summed E-state index contributed by atoms with van der Waals surface area (Å²) < 4.78 is 5.26. The number of carbonyl (C=O) groups excluding carboxylic acids is 1. The number of H-pyrrole nitrogens is 1. The van der Waals surface area contributed by atoms with Crippen LogP contribution in [0.2, 0.25) is 0 Å². The van der Waals surface area contributed by atoms with Crippen LogP contribution in [-0.2, 0) is 9.53 Å². The van der Waals surface area contributed by atoms with E-state index in [2.05, 4.69) is 15.5 Å². The Morgan fingerprint density at radius 2 is 2.56 bits per heavy atom. The van der Waals surface area contributed by atoms with Crippen LogP contribution >= 0.6 is 0 Å². The smallest absolute Gasteiger partial charge is 0.241 e. The predicted octanol–water partition coefficient (Wildman–Crippen LogP) is 0.0673. The molecule has 2 heterocycles. The van der Waals surface area contributed by atoms with Gasteiger partial charge in [-0.2, -0.15) is 5.10 Å². The van der Waals surface area contributed by atoms with Gasteiger partial charge in [-0.25, -0.2) is 0 Å². The Balaban J connectivity index is 1.95. The molecular weight excluding hydrogens is 208 g/mol. The van der Waals surface area contributed by atoms with Crippen molar-refractivity contribution in [2.24, 2.45) is 0 Å². The van der Waals surface area contributed by atoms with Crippen molar-refractivity contribution >= 4 is 11.6 Å². The zero-order chi connectivity index (χ0) is 11.5. The molecule has 2 N–H and O–H groups in total. The van der Waals surface area contributed by atoms with E-state index in [-0.39, 0.29) is 18.1 Å². The lowest BCUT2D eigenvalue weighted by molar-refractivity contribution is -0.120. The third kappa shape index (κ3) is 2.23. The molecule has 2 atom stereocenters. The van der Waals surface area contributed by atoms with E-state index in [1.54, 1.807) is 19.5 Å². The number of hydrogen-bond acceptors (Lipinski definition) is 4. The van der Waals surface area contributed by atoms with E-state index in [4.69, 9.17) is 4.74 Å². The largest absolute Gasteiger partial charge is 0.380 e. The van der Waals surface area contributed by atoms with Gasteiger partial charge >= 0.3 is 0 Å². The molecule has 0 saturated carbocycles. The number of rotatable bonds is 3. The van der Waals surface area contributed by atoms with Gasteiger partial charge < -0.3 is 10.1 Å². The molecule has 0 bridgehead atoms. The van der Waals surface area contributed by atoms with Gasteiger partial charge in [0.15, 0.2) is 0 Å². The normalized spacial score (nSPS) is 25.9. The lowest BCUT2D eigenvalue weighted by Crippen LogP contribution is -2.36. The molecule has 1 amide bonds. The topological polar surface area (TPSA) is 70.2 Å². The Hall–Kier alpha value is -1.40. The highest BCUT2D eigenvalue weighted by Crippen LogP contribution is 2.19. The molecule has 1 aromatic heterocycles. The molecule has 0 aromatic carbocycles. The molecule has 2 rings (SSSR count). The van der Waals surface area contributed by atoms with Crippen LogP contribution in [-0.4, -0.2) is 53.9 Å². The van der Waals surface area contributed by atoms with Gasteiger partial charge in [-0.05, 0) is 13.5 Å². The third-order valence-electron chi connectivity index (χ3n) is 2.91. The van der Waals surface area contributed by atoms with Gasteiger partial charge in [-0.1, -0.05) is 0 Å². The fourth-order valence-corrected chi connectivity index (χ4v) is 1.97. The van der Waals surface area contributed by atoms with Crippen molar-refractivity contribution in [1.29, 1.82) is 0 Å². The highest BCUT2D eigenvalue weighted by Gasteiger charge is 2.34. The summed E-state index contributed by atoms with van der Waals surface area (Å²) in [5.41, 5.74) is 0.694. The molecule has 1 aliphatic rings. The molecule has 0 unspecified atom stereocenters. The average molecular weight is 224 g/mol. The summed E-state index contributed by atoms with van der Waals surface area (Å²) in [6.45, 7) is 0.792.